The SMILES string of the molecule is CN.COc1ccc(C(=O)N=C(C)N)cc1.Nc1ccc(Cl)cc1Cl. The Morgan fingerprint density at radius 3 is 2.04 bits per heavy atom. The van der Waals surface area contributed by atoms with Gasteiger partial charge in [0.15, 0.2) is 0 Å². The van der Waals surface area contributed by atoms with E-state index in [2.05, 4.69) is 10.7 Å². The summed E-state index contributed by atoms with van der Waals surface area (Å²) in [6.45, 7) is 1.57. The molecule has 1 amide bonds. The van der Waals surface area contributed by atoms with Crippen LogP contribution < -0.4 is 21.9 Å². The fourth-order valence-electron chi connectivity index (χ4n) is 1.46. The van der Waals surface area contributed by atoms with Gasteiger partial charge in [0.2, 0.25) is 0 Å². The lowest BCUT2D eigenvalue weighted by atomic mass is 10.2. The molecule has 0 radical (unpaired) electrons. The van der Waals surface area contributed by atoms with Gasteiger partial charge in [-0.05, 0) is 56.4 Å². The molecule has 0 saturated heterocycles. The first-order valence-corrected chi connectivity index (χ1v) is 7.86. The fourth-order valence-corrected chi connectivity index (χ4v) is 1.87. The molecular weight excluding hydrogens is 363 g/mol. The molecule has 0 spiro atoms. The van der Waals surface area contributed by atoms with Crippen molar-refractivity contribution < 1.29 is 9.53 Å². The van der Waals surface area contributed by atoms with Crippen LogP contribution in [0.5, 0.6) is 5.75 Å². The number of nitrogen functional groups attached to an aromatic ring is 1. The zero-order valence-electron chi connectivity index (χ0n) is 14.3. The van der Waals surface area contributed by atoms with Gasteiger partial charge in [-0.25, -0.2) is 0 Å². The van der Waals surface area contributed by atoms with Crippen molar-refractivity contribution in [1.82, 2.24) is 0 Å². The quantitative estimate of drug-likeness (QED) is 0.416. The minimum absolute atomic E-state index is 0.255. The minimum atomic E-state index is -0.340. The number of methoxy groups -OCH3 is 1. The number of hydrogen-bond acceptors (Lipinski definition) is 4. The highest BCUT2D eigenvalue weighted by Gasteiger charge is 2.03. The van der Waals surface area contributed by atoms with Crippen molar-refractivity contribution in [2.45, 2.75) is 6.92 Å². The Kier molecular flexibility index (Phi) is 11.0. The zero-order chi connectivity index (χ0) is 19.4. The largest absolute Gasteiger partial charge is 0.497 e. The summed E-state index contributed by atoms with van der Waals surface area (Å²) in [5.74, 6) is 0.619. The predicted octanol–water partition coefficient (Wildman–Crippen LogP) is 3.36. The lowest BCUT2D eigenvalue weighted by Gasteiger charge is -1.99. The number of benzene rings is 2. The third-order valence-corrected chi connectivity index (χ3v) is 3.14. The molecule has 2 rings (SSSR count). The Bertz CT molecular complexity index is 700. The Balaban J connectivity index is 0.000000451. The lowest BCUT2D eigenvalue weighted by molar-refractivity contribution is 0.100. The first kappa shape index (κ1) is 22.7. The molecule has 0 unspecified atom stereocenters. The summed E-state index contributed by atoms with van der Waals surface area (Å²) in [6, 6.07) is 11.7. The van der Waals surface area contributed by atoms with Gasteiger partial charge in [0.05, 0.1) is 17.8 Å². The molecule has 2 aromatic carbocycles. The van der Waals surface area contributed by atoms with Gasteiger partial charge in [0.1, 0.15) is 11.6 Å². The summed E-state index contributed by atoms with van der Waals surface area (Å²) in [5.41, 5.74) is 16.2. The normalized spacial score (nSPS) is 9.92. The number of aliphatic imine (C=N–C) groups is 1. The summed E-state index contributed by atoms with van der Waals surface area (Å²) in [7, 11) is 3.07. The van der Waals surface area contributed by atoms with Gasteiger partial charge < -0.3 is 21.9 Å². The van der Waals surface area contributed by atoms with Gasteiger partial charge in [-0.15, -0.1) is 0 Å². The number of rotatable bonds is 2. The van der Waals surface area contributed by atoms with Crippen molar-refractivity contribution >= 4 is 40.6 Å². The third-order valence-electron chi connectivity index (χ3n) is 2.58. The molecule has 0 bridgehead atoms. The van der Waals surface area contributed by atoms with Crippen LogP contribution in [-0.2, 0) is 0 Å². The van der Waals surface area contributed by atoms with Crippen LogP contribution in [0.1, 0.15) is 17.3 Å². The van der Waals surface area contributed by atoms with Crippen LogP contribution in [0.4, 0.5) is 5.69 Å². The highest BCUT2D eigenvalue weighted by molar-refractivity contribution is 6.36. The number of amides is 1. The van der Waals surface area contributed by atoms with Gasteiger partial charge in [-0.1, -0.05) is 23.2 Å². The Morgan fingerprint density at radius 2 is 1.64 bits per heavy atom. The van der Waals surface area contributed by atoms with E-state index in [4.69, 9.17) is 39.4 Å². The average Bonchev–Trinajstić information content (AvgIpc) is 2.60. The number of nitrogens with two attached hydrogens (primary N) is 3. The molecule has 0 aliphatic carbocycles. The number of halogens is 2. The van der Waals surface area contributed by atoms with Crippen LogP contribution in [0, 0.1) is 0 Å². The van der Waals surface area contributed by atoms with Gasteiger partial charge in [-0.3, -0.25) is 4.79 Å². The first-order valence-electron chi connectivity index (χ1n) is 7.11. The van der Waals surface area contributed by atoms with Crippen molar-refractivity contribution in [3.63, 3.8) is 0 Å². The smallest absolute Gasteiger partial charge is 0.278 e. The van der Waals surface area contributed by atoms with Gasteiger partial charge >= 0.3 is 0 Å². The second-order valence-corrected chi connectivity index (χ2v) is 5.30. The van der Waals surface area contributed by atoms with E-state index in [1.54, 1.807) is 56.5 Å². The Labute approximate surface area is 157 Å². The average molecular weight is 385 g/mol. The molecule has 0 aromatic heterocycles. The van der Waals surface area contributed by atoms with E-state index in [-0.39, 0.29) is 11.7 Å². The molecule has 0 fully saturated rings. The Morgan fingerprint density at radius 1 is 1.08 bits per heavy atom. The van der Waals surface area contributed by atoms with Gasteiger partial charge in [0, 0.05) is 10.6 Å². The number of nitrogens with zero attached hydrogens (tertiary/aromatic N) is 1. The molecule has 6 N–H and O–H groups in total. The molecule has 0 saturated carbocycles. The van der Waals surface area contributed by atoms with Crippen molar-refractivity contribution in [2.75, 3.05) is 19.9 Å². The van der Waals surface area contributed by atoms with Crippen molar-refractivity contribution in [3.8, 4) is 5.75 Å². The number of hydrogen-bond donors (Lipinski definition) is 3. The standard InChI is InChI=1S/C10H12N2O2.C6H5Cl2N.CH5N/c1-7(11)12-10(13)8-3-5-9(14-2)6-4-8;7-4-1-2-6(9)5(8)3-4;1-2/h3-6H,1-2H3,(H2,11,12,13);1-3H,9H2;2H2,1H3. The van der Waals surface area contributed by atoms with Crippen LogP contribution >= 0.6 is 23.2 Å². The highest BCUT2D eigenvalue weighted by Crippen LogP contribution is 2.21. The summed E-state index contributed by atoms with van der Waals surface area (Å²) >= 11 is 11.2. The maximum absolute atomic E-state index is 11.3. The van der Waals surface area contributed by atoms with E-state index in [0.29, 0.717) is 27.0 Å². The lowest BCUT2D eigenvalue weighted by Crippen LogP contribution is -2.09. The molecule has 0 aliphatic rings. The molecule has 136 valence electrons. The van der Waals surface area contributed by atoms with Crippen LogP contribution in [0.15, 0.2) is 47.5 Å². The molecule has 25 heavy (non-hydrogen) atoms. The van der Waals surface area contributed by atoms with E-state index in [0.717, 1.165) is 0 Å². The van der Waals surface area contributed by atoms with Crippen LogP contribution in [0.3, 0.4) is 0 Å². The van der Waals surface area contributed by atoms with E-state index >= 15 is 0 Å². The molecular formula is C17H22Cl2N4O2. The number of amidine groups is 1. The van der Waals surface area contributed by atoms with E-state index in [1.165, 1.54) is 7.05 Å². The Hall–Kier alpha value is -2.28. The second-order valence-electron chi connectivity index (χ2n) is 4.45. The predicted molar refractivity (Wildman–Crippen MR) is 106 cm³/mol. The van der Waals surface area contributed by atoms with Crippen molar-refractivity contribution in [3.05, 3.63) is 58.1 Å². The summed E-state index contributed by atoms with van der Waals surface area (Å²) in [6.07, 6.45) is 0. The van der Waals surface area contributed by atoms with Gasteiger partial charge in [-0.2, -0.15) is 4.99 Å². The van der Waals surface area contributed by atoms with E-state index in [1.807, 2.05) is 0 Å². The van der Waals surface area contributed by atoms with E-state index in [9.17, 15) is 4.79 Å². The number of carbonyl (C=O) groups excluding carboxylic acids is 1. The van der Waals surface area contributed by atoms with Crippen molar-refractivity contribution in [1.29, 1.82) is 0 Å². The molecule has 6 nitrogen and oxygen atoms in total. The fraction of sp³-hybridized carbons (Fsp3) is 0.176. The van der Waals surface area contributed by atoms with Crippen LogP contribution in [0.25, 0.3) is 0 Å². The highest BCUT2D eigenvalue weighted by atomic mass is 35.5. The number of carbonyl (C=O) groups is 1. The van der Waals surface area contributed by atoms with Crippen LogP contribution in [-0.4, -0.2) is 25.9 Å². The number of anilines is 1. The molecule has 8 heteroatoms. The molecule has 0 heterocycles. The summed E-state index contributed by atoms with van der Waals surface area (Å²) in [4.78, 5) is 15.0. The van der Waals surface area contributed by atoms with Crippen molar-refractivity contribution in [2.24, 2.45) is 16.5 Å². The maximum Gasteiger partial charge on any atom is 0.278 e. The monoisotopic (exact) mass is 384 g/mol. The summed E-state index contributed by atoms with van der Waals surface area (Å²) < 4.78 is 4.96. The first-order chi connectivity index (χ1) is 11.8. The molecule has 0 aliphatic heterocycles. The third kappa shape index (κ3) is 8.95. The topological polar surface area (TPSA) is 117 Å². The number of ether oxygens (including phenoxy) is 1. The molecule has 0 atom stereocenters. The van der Waals surface area contributed by atoms with Crippen LogP contribution in [0.2, 0.25) is 10.0 Å². The van der Waals surface area contributed by atoms with E-state index < -0.39 is 0 Å². The second kappa shape index (κ2) is 12.1. The summed E-state index contributed by atoms with van der Waals surface area (Å²) in [5, 5.41) is 1.11. The van der Waals surface area contributed by atoms with Gasteiger partial charge in [0.25, 0.3) is 5.91 Å². The molecule has 2 aromatic rings. The maximum atomic E-state index is 11.3. The minimum Gasteiger partial charge on any atom is -0.497 e. The zero-order valence-corrected chi connectivity index (χ0v) is 15.8.